The predicted molar refractivity (Wildman–Crippen MR) is 80.1 cm³/mol. The number of hydrogen-bond acceptors (Lipinski definition) is 2. The third-order valence-electron chi connectivity index (χ3n) is 5.45. The summed E-state index contributed by atoms with van der Waals surface area (Å²) in [4.78, 5) is 12.8. The van der Waals surface area contributed by atoms with Crippen LogP contribution in [-0.4, -0.2) is 20.0 Å². The number of alkyl halides is 1. The van der Waals surface area contributed by atoms with E-state index in [4.69, 9.17) is 11.6 Å². The molecule has 4 aliphatic rings. The number of nitrogens with zero attached hydrogens (tertiary/aromatic N) is 3. The van der Waals surface area contributed by atoms with Crippen LogP contribution in [0.15, 0.2) is 29.1 Å². The molecule has 2 heterocycles. The van der Waals surface area contributed by atoms with E-state index in [1.54, 1.807) is 9.25 Å². The van der Waals surface area contributed by atoms with Crippen LogP contribution in [0, 0.1) is 0 Å². The number of aryl methyl sites for hydroxylation is 1. The first kappa shape index (κ1) is 12.9. The second-order valence-electron chi connectivity index (χ2n) is 7.00. The summed E-state index contributed by atoms with van der Waals surface area (Å²) in [6, 6.07) is 7.62. The third-order valence-corrected chi connectivity index (χ3v) is 5.69. The Kier molecular flexibility index (Phi) is 2.24. The molecule has 22 heavy (non-hydrogen) atoms. The van der Waals surface area contributed by atoms with Gasteiger partial charge in [-0.15, -0.1) is 0 Å². The van der Waals surface area contributed by atoms with Gasteiger partial charge in [0.25, 0.3) is 0 Å². The van der Waals surface area contributed by atoms with E-state index in [0.717, 1.165) is 24.2 Å². The smallest absolute Gasteiger partial charge is 0.271 e. The average Bonchev–Trinajstić information content (AvgIpc) is 2.95. The Morgan fingerprint density at radius 2 is 2.09 bits per heavy atom. The van der Waals surface area contributed by atoms with E-state index >= 15 is 0 Å². The first-order valence-electron chi connectivity index (χ1n) is 7.65. The van der Waals surface area contributed by atoms with Crippen molar-refractivity contribution in [3.63, 3.8) is 0 Å². The molecule has 1 aromatic carbocycles. The van der Waals surface area contributed by atoms with E-state index in [-0.39, 0.29) is 17.3 Å². The van der Waals surface area contributed by atoms with Crippen LogP contribution in [0.3, 0.4) is 0 Å². The van der Waals surface area contributed by atoms with E-state index in [9.17, 15) is 9.18 Å². The highest BCUT2D eigenvalue weighted by Crippen LogP contribution is 2.66. The van der Waals surface area contributed by atoms with Gasteiger partial charge in [0.05, 0.1) is 11.6 Å². The molecule has 2 bridgehead atoms. The van der Waals surface area contributed by atoms with Crippen LogP contribution in [0.2, 0.25) is 5.02 Å². The lowest BCUT2D eigenvalue weighted by molar-refractivity contribution is -0.205. The van der Waals surface area contributed by atoms with Crippen LogP contribution in [-0.2, 0) is 12.0 Å². The van der Waals surface area contributed by atoms with Crippen molar-refractivity contribution in [2.45, 2.75) is 49.4 Å². The minimum Gasteiger partial charge on any atom is -0.271 e. The van der Waals surface area contributed by atoms with E-state index in [2.05, 4.69) is 5.10 Å². The molecular formula is C16H15ClFN3O. The maximum atomic E-state index is 13.8. The highest BCUT2D eigenvalue weighted by atomic mass is 35.5. The lowest BCUT2D eigenvalue weighted by Gasteiger charge is -2.64. The van der Waals surface area contributed by atoms with Gasteiger partial charge in [-0.3, -0.25) is 4.57 Å². The summed E-state index contributed by atoms with van der Waals surface area (Å²) in [6.07, 6.45) is 2.96. The Hall–Kier alpha value is -1.62. The van der Waals surface area contributed by atoms with Crippen LogP contribution in [0.25, 0.3) is 0 Å². The fourth-order valence-corrected chi connectivity index (χ4v) is 4.67. The molecule has 0 radical (unpaired) electrons. The molecule has 114 valence electrons. The third kappa shape index (κ3) is 1.47. The molecule has 0 saturated heterocycles. The maximum absolute atomic E-state index is 13.8. The highest BCUT2D eigenvalue weighted by molar-refractivity contribution is 6.30. The standard InChI is InChI=1S/C16H15ClFN3O/c17-11-3-1-2-10(6-11)12-4-5-13-19-21(14(22)20(12)13)16-7-15(18,8-16)9-16/h1-3,6,12H,4-5,7-9H2/t12-,15?,16?/m0/s1. The summed E-state index contributed by atoms with van der Waals surface area (Å²) in [7, 11) is 0. The molecule has 0 N–H and O–H groups in total. The van der Waals surface area contributed by atoms with Gasteiger partial charge in [-0.25, -0.2) is 13.9 Å². The van der Waals surface area contributed by atoms with E-state index in [1.165, 1.54) is 0 Å². The fraction of sp³-hybridized carbons (Fsp3) is 0.500. The molecule has 1 aromatic heterocycles. The second-order valence-corrected chi connectivity index (χ2v) is 7.43. The van der Waals surface area contributed by atoms with Gasteiger partial charge in [-0.1, -0.05) is 23.7 Å². The number of rotatable bonds is 2. The van der Waals surface area contributed by atoms with E-state index in [1.807, 2.05) is 24.3 Å². The van der Waals surface area contributed by atoms with Crippen LogP contribution in [0.4, 0.5) is 4.39 Å². The average molecular weight is 320 g/mol. The van der Waals surface area contributed by atoms with Crippen LogP contribution in [0.5, 0.6) is 0 Å². The molecule has 4 nitrogen and oxygen atoms in total. The largest absolute Gasteiger partial charge is 0.347 e. The number of halogens is 2. The van der Waals surface area contributed by atoms with Crippen molar-refractivity contribution >= 4 is 11.6 Å². The molecule has 6 rings (SSSR count). The van der Waals surface area contributed by atoms with Gasteiger partial charge < -0.3 is 0 Å². The summed E-state index contributed by atoms with van der Waals surface area (Å²) < 4.78 is 17.1. The predicted octanol–water partition coefficient (Wildman–Crippen LogP) is 2.83. The van der Waals surface area contributed by atoms with Crippen LogP contribution >= 0.6 is 11.6 Å². The van der Waals surface area contributed by atoms with Crippen molar-refractivity contribution in [1.82, 2.24) is 14.3 Å². The monoisotopic (exact) mass is 319 g/mol. The highest BCUT2D eigenvalue weighted by Gasteiger charge is 2.71. The number of aromatic nitrogens is 3. The fourth-order valence-electron chi connectivity index (χ4n) is 4.47. The Morgan fingerprint density at radius 3 is 2.77 bits per heavy atom. The molecule has 1 atom stereocenters. The number of benzene rings is 1. The summed E-state index contributed by atoms with van der Waals surface area (Å²) in [5.41, 5.74) is -0.436. The lowest BCUT2D eigenvalue weighted by atomic mass is 9.47. The molecule has 6 heteroatoms. The van der Waals surface area contributed by atoms with Crippen molar-refractivity contribution < 1.29 is 4.39 Å². The number of fused-ring (bicyclic) bond motifs is 1. The molecule has 2 aromatic rings. The van der Waals surface area contributed by atoms with Gasteiger partial charge in [-0.2, -0.15) is 5.10 Å². The topological polar surface area (TPSA) is 39.8 Å². The Morgan fingerprint density at radius 1 is 1.32 bits per heavy atom. The Balaban J connectivity index is 1.58. The summed E-state index contributed by atoms with van der Waals surface area (Å²) >= 11 is 6.07. The SMILES string of the molecule is O=c1n(C23CC(F)(C2)C3)nc2n1[C@H](c1cccc(Cl)c1)CC2. The molecule has 3 aliphatic carbocycles. The van der Waals surface area contributed by atoms with Crippen molar-refractivity contribution in [2.24, 2.45) is 0 Å². The summed E-state index contributed by atoms with van der Waals surface area (Å²) in [5, 5.41) is 5.19. The van der Waals surface area contributed by atoms with Crippen LogP contribution in [0.1, 0.15) is 43.1 Å². The first-order chi connectivity index (χ1) is 10.5. The van der Waals surface area contributed by atoms with Gasteiger partial charge in [0.2, 0.25) is 0 Å². The van der Waals surface area contributed by atoms with Crippen molar-refractivity contribution in [2.75, 3.05) is 0 Å². The second kappa shape index (κ2) is 3.82. The van der Waals surface area contributed by atoms with Crippen molar-refractivity contribution in [1.29, 1.82) is 0 Å². The van der Waals surface area contributed by atoms with Crippen LogP contribution < -0.4 is 5.69 Å². The molecule has 0 unspecified atom stereocenters. The minimum atomic E-state index is -1.03. The summed E-state index contributed by atoms with van der Waals surface area (Å²) in [6.45, 7) is 0. The zero-order valence-corrected chi connectivity index (χ0v) is 12.7. The molecule has 1 aliphatic heterocycles. The minimum absolute atomic E-state index is 0.0124. The lowest BCUT2D eigenvalue weighted by Crippen LogP contribution is -2.72. The first-order valence-corrected chi connectivity index (χ1v) is 8.03. The van der Waals surface area contributed by atoms with Gasteiger partial charge in [-0.05, 0) is 24.1 Å². The Bertz CT molecular complexity index is 836. The zero-order chi connectivity index (χ0) is 15.1. The normalized spacial score (nSPS) is 34.9. The Labute approximate surface area is 131 Å². The van der Waals surface area contributed by atoms with E-state index in [0.29, 0.717) is 24.3 Å². The molecule has 3 fully saturated rings. The summed E-state index contributed by atoms with van der Waals surface area (Å²) in [5.74, 6) is 0.813. The molecular weight excluding hydrogens is 305 g/mol. The van der Waals surface area contributed by atoms with E-state index < -0.39 is 5.67 Å². The van der Waals surface area contributed by atoms with Crippen molar-refractivity contribution in [3.8, 4) is 0 Å². The van der Waals surface area contributed by atoms with Crippen molar-refractivity contribution in [3.05, 3.63) is 51.2 Å². The van der Waals surface area contributed by atoms with Gasteiger partial charge in [0.15, 0.2) is 0 Å². The van der Waals surface area contributed by atoms with Gasteiger partial charge in [0.1, 0.15) is 11.5 Å². The molecule has 3 saturated carbocycles. The quantitative estimate of drug-likeness (QED) is 0.854. The molecule has 0 amide bonds. The van der Waals surface area contributed by atoms with Gasteiger partial charge >= 0.3 is 5.69 Å². The maximum Gasteiger partial charge on any atom is 0.347 e. The zero-order valence-electron chi connectivity index (χ0n) is 11.9. The van der Waals surface area contributed by atoms with Gasteiger partial charge in [0, 0.05) is 30.7 Å². The molecule has 0 spiro atoms. The number of hydrogen-bond donors (Lipinski definition) is 0.